The first-order valence-corrected chi connectivity index (χ1v) is 6.99. The topological polar surface area (TPSA) is 154 Å². The number of carbonyl (C=O) groups excluding carboxylic acids is 3. The molecule has 2 rings (SSSR count). The van der Waals surface area contributed by atoms with Crippen LogP contribution in [-0.2, 0) is 20.9 Å². The second-order valence-corrected chi connectivity index (χ2v) is 4.98. The number of carboxylic acids is 2. The van der Waals surface area contributed by atoms with Gasteiger partial charge in [-0.05, 0) is 12.1 Å². The maximum atomic E-state index is 11.8. The first kappa shape index (κ1) is 20.9. The van der Waals surface area contributed by atoms with Gasteiger partial charge >= 0.3 is 18.2 Å². The lowest BCUT2D eigenvalue weighted by atomic mass is 10.0. The van der Waals surface area contributed by atoms with Crippen LogP contribution in [0, 0.1) is 0 Å². The molecule has 0 spiro atoms. The van der Waals surface area contributed by atoms with Gasteiger partial charge in [0.15, 0.2) is 0 Å². The number of aliphatic carboxylic acids is 2. The van der Waals surface area contributed by atoms with Crippen LogP contribution in [0.15, 0.2) is 24.3 Å². The van der Waals surface area contributed by atoms with E-state index in [0.29, 0.717) is 12.2 Å². The molecule has 12 heteroatoms. The van der Waals surface area contributed by atoms with Gasteiger partial charge in [-0.3, -0.25) is 4.79 Å². The summed E-state index contributed by atoms with van der Waals surface area (Å²) in [6, 6.07) is 5.18. The average molecular weight is 377 g/mol. The molecule has 26 heavy (non-hydrogen) atoms. The highest BCUT2D eigenvalue weighted by Crippen LogP contribution is 2.21. The van der Waals surface area contributed by atoms with E-state index in [4.69, 9.17) is 15.0 Å². The minimum Gasteiger partial charge on any atom is -0.542 e. The number of carbonyl (C=O) groups is 4. The van der Waals surface area contributed by atoms with Crippen molar-refractivity contribution < 1.29 is 48.3 Å². The quantitative estimate of drug-likeness (QED) is 0.571. The van der Waals surface area contributed by atoms with Gasteiger partial charge < -0.3 is 26.1 Å². The number of rotatable bonds is 3. The van der Waals surface area contributed by atoms with Crippen molar-refractivity contribution in [3.05, 3.63) is 29.8 Å². The van der Waals surface area contributed by atoms with Crippen molar-refractivity contribution in [1.29, 1.82) is 0 Å². The lowest BCUT2D eigenvalue weighted by Crippen LogP contribution is -2.60. The van der Waals surface area contributed by atoms with E-state index >= 15 is 0 Å². The molecule has 1 fully saturated rings. The molecule has 1 aliphatic rings. The van der Waals surface area contributed by atoms with Gasteiger partial charge in [-0.15, -0.1) is 0 Å². The number of hydrogen-bond acceptors (Lipinski definition) is 5. The molecule has 1 saturated heterocycles. The molecule has 0 bridgehead atoms. The smallest absolute Gasteiger partial charge is 0.430 e. The van der Waals surface area contributed by atoms with Crippen molar-refractivity contribution in [2.45, 2.75) is 25.2 Å². The summed E-state index contributed by atoms with van der Waals surface area (Å²) in [5, 5.41) is 20.1. The van der Waals surface area contributed by atoms with Gasteiger partial charge in [0.1, 0.15) is 12.0 Å². The SMILES string of the molecule is O=C([O-])C(F)(F)F.[NH3+]Cc1ccc(NC(=O)N2C(=O)C[C@H]2C(=O)O)cc1. The molecule has 1 aliphatic heterocycles. The number of imide groups is 1. The molecule has 3 amide bonds. The summed E-state index contributed by atoms with van der Waals surface area (Å²) in [7, 11) is 0. The first-order valence-electron chi connectivity index (χ1n) is 6.99. The fourth-order valence-corrected chi connectivity index (χ4v) is 1.81. The Kier molecular flexibility index (Phi) is 6.66. The van der Waals surface area contributed by atoms with Crippen molar-refractivity contribution in [2.24, 2.45) is 0 Å². The van der Waals surface area contributed by atoms with Crippen LogP contribution >= 0.6 is 0 Å². The van der Waals surface area contributed by atoms with Crippen LogP contribution < -0.4 is 16.2 Å². The summed E-state index contributed by atoms with van der Waals surface area (Å²) in [6.07, 6.45) is -5.33. The molecule has 1 aromatic carbocycles. The number of urea groups is 1. The van der Waals surface area contributed by atoms with Crippen molar-refractivity contribution >= 4 is 29.6 Å². The molecule has 5 N–H and O–H groups in total. The fraction of sp³-hybridized carbons (Fsp3) is 0.286. The number of amides is 3. The lowest BCUT2D eigenvalue weighted by molar-refractivity contribution is -0.386. The maximum absolute atomic E-state index is 11.8. The predicted molar refractivity (Wildman–Crippen MR) is 76.0 cm³/mol. The summed E-state index contributed by atoms with van der Waals surface area (Å²) in [4.78, 5) is 43.4. The Balaban J connectivity index is 0.000000412. The van der Waals surface area contributed by atoms with Crippen LogP contribution in [0.25, 0.3) is 0 Å². The van der Waals surface area contributed by atoms with Gasteiger partial charge in [0, 0.05) is 11.3 Å². The molecule has 9 nitrogen and oxygen atoms in total. The van der Waals surface area contributed by atoms with E-state index in [1.807, 2.05) is 0 Å². The van der Waals surface area contributed by atoms with Gasteiger partial charge in [0.05, 0.1) is 13.0 Å². The molecular formula is C14H14F3N3O6. The monoisotopic (exact) mass is 377 g/mol. The van der Waals surface area contributed by atoms with Crippen molar-refractivity contribution in [1.82, 2.24) is 4.90 Å². The molecule has 0 unspecified atom stereocenters. The summed E-state index contributed by atoms with van der Waals surface area (Å²) < 4.78 is 31.5. The van der Waals surface area contributed by atoms with E-state index in [2.05, 4.69) is 11.1 Å². The highest BCUT2D eigenvalue weighted by Gasteiger charge is 2.45. The van der Waals surface area contributed by atoms with Crippen LogP contribution in [0.1, 0.15) is 12.0 Å². The van der Waals surface area contributed by atoms with Crippen molar-refractivity contribution in [2.75, 3.05) is 5.32 Å². The first-order chi connectivity index (χ1) is 12.0. The summed E-state index contributed by atoms with van der Waals surface area (Å²) >= 11 is 0. The van der Waals surface area contributed by atoms with Crippen LogP contribution in [0.3, 0.4) is 0 Å². The Morgan fingerprint density at radius 2 is 1.77 bits per heavy atom. The lowest BCUT2D eigenvalue weighted by Gasteiger charge is -2.35. The van der Waals surface area contributed by atoms with Gasteiger partial charge in [-0.2, -0.15) is 13.2 Å². The molecule has 0 saturated carbocycles. The van der Waals surface area contributed by atoms with E-state index in [1.165, 1.54) is 0 Å². The highest BCUT2D eigenvalue weighted by atomic mass is 19.4. The zero-order valence-corrected chi connectivity index (χ0v) is 13.1. The highest BCUT2D eigenvalue weighted by molar-refractivity contribution is 6.09. The number of likely N-dealkylation sites (tertiary alicyclic amines) is 1. The molecule has 0 radical (unpaired) electrons. The number of benzene rings is 1. The van der Waals surface area contributed by atoms with Crippen molar-refractivity contribution in [3.63, 3.8) is 0 Å². The number of β-lactam (4-membered cyclic amide) rings is 1. The van der Waals surface area contributed by atoms with Crippen LogP contribution in [0.4, 0.5) is 23.7 Å². The third kappa shape index (κ3) is 5.44. The zero-order chi connectivity index (χ0) is 20.1. The number of carboxylic acid groups (broad SMARTS) is 2. The molecule has 1 atom stereocenters. The van der Waals surface area contributed by atoms with Crippen LogP contribution in [0.2, 0.25) is 0 Å². The fourth-order valence-electron chi connectivity index (χ4n) is 1.81. The number of hydrogen-bond donors (Lipinski definition) is 3. The average Bonchev–Trinajstić information content (AvgIpc) is 2.52. The van der Waals surface area contributed by atoms with Crippen LogP contribution in [0.5, 0.6) is 0 Å². The Bertz CT molecular complexity index is 705. The van der Waals surface area contributed by atoms with E-state index in [-0.39, 0.29) is 6.42 Å². The molecule has 1 heterocycles. The normalized spacial score (nSPS) is 16.1. The van der Waals surface area contributed by atoms with Crippen molar-refractivity contribution in [3.8, 4) is 0 Å². The number of nitrogens with one attached hydrogen (secondary N) is 1. The predicted octanol–water partition coefficient (Wildman–Crippen LogP) is -1.06. The zero-order valence-electron chi connectivity index (χ0n) is 13.1. The van der Waals surface area contributed by atoms with E-state index in [0.717, 1.165) is 10.5 Å². The largest absolute Gasteiger partial charge is 0.542 e. The third-order valence-electron chi connectivity index (χ3n) is 3.18. The Labute approximate surface area is 144 Å². The third-order valence-corrected chi connectivity index (χ3v) is 3.18. The number of quaternary nitrogens is 1. The molecular weight excluding hydrogens is 363 g/mol. The maximum Gasteiger partial charge on any atom is 0.430 e. The molecule has 0 aliphatic carbocycles. The van der Waals surface area contributed by atoms with E-state index in [9.17, 15) is 27.6 Å². The number of halogens is 3. The number of anilines is 1. The summed E-state index contributed by atoms with van der Waals surface area (Å²) in [5.41, 5.74) is 5.25. The Hall–Kier alpha value is -3.15. The minimum atomic E-state index is -5.19. The molecule has 0 aromatic heterocycles. The van der Waals surface area contributed by atoms with Crippen LogP contribution in [-0.4, -0.2) is 46.1 Å². The Morgan fingerprint density at radius 3 is 2.12 bits per heavy atom. The van der Waals surface area contributed by atoms with E-state index < -0.39 is 36.1 Å². The standard InChI is InChI=1S/C12H13N3O4.C2HF3O2/c13-6-7-1-3-8(4-2-7)14-12(19)15-9(11(17)18)5-10(15)16;3-2(4,5)1(6)7/h1-4,9H,5-6,13H2,(H,14,19)(H,17,18);(H,6,7)/t9-;/m0./s1. The Morgan fingerprint density at radius 1 is 1.27 bits per heavy atom. The summed E-state index contributed by atoms with van der Waals surface area (Å²) in [5.74, 6) is -4.67. The van der Waals surface area contributed by atoms with Gasteiger partial charge in [0.2, 0.25) is 5.91 Å². The minimum absolute atomic E-state index is 0.136. The summed E-state index contributed by atoms with van der Waals surface area (Å²) in [6.45, 7) is 0.639. The second kappa shape index (κ2) is 8.29. The van der Waals surface area contributed by atoms with Gasteiger partial charge in [-0.1, -0.05) is 12.1 Å². The number of nitrogens with zero attached hydrogens (tertiary/aromatic N) is 1. The van der Waals surface area contributed by atoms with Gasteiger partial charge in [-0.25, -0.2) is 14.5 Å². The molecule has 142 valence electrons. The molecule has 1 aromatic rings. The van der Waals surface area contributed by atoms with E-state index in [1.54, 1.807) is 24.3 Å². The van der Waals surface area contributed by atoms with Gasteiger partial charge in [0.25, 0.3) is 0 Å². The number of alkyl halides is 3. The second-order valence-electron chi connectivity index (χ2n) is 4.98.